The molecule has 3 atom stereocenters. The van der Waals surface area contributed by atoms with Crippen molar-refractivity contribution in [1.82, 2.24) is 4.98 Å². The Hall–Kier alpha value is -3.44. The van der Waals surface area contributed by atoms with Crippen LogP contribution in [0.15, 0.2) is 102 Å². The van der Waals surface area contributed by atoms with Crippen LogP contribution in [0.25, 0.3) is 0 Å². The highest BCUT2D eigenvalue weighted by molar-refractivity contribution is 7.85. The molecule has 0 radical (unpaired) electrons. The molecule has 4 nitrogen and oxygen atoms in total. The normalized spacial score (nSPS) is 16.2. The molecule has 1 saturated carbocycles. The third kappa shape index (κ3) is 5.78. The zero-order valence-corrected chi connectivity index (χ0v) is 22.2. The Morgan fingerprint density at radius 3 is 2.19 bits per heavy atom. The minimum Gasteiger partial charge on any atom is -0.493 e. The van der Waals surface area contributed by atoms with Crippen LogP contribution in [0, 0.1) is 6.92 Å². The van der Waals surface area contributed by atoms with Gasteiger partial charge in [0.25, 0.3) is 0 Å². The summed E-state index contributed by atoms with van der Waals surface area (Å²) < 4.78 is 26.5. The first-order chi connectivity index (χ1) is 18.1. The third-order valence-electron chi connectivity index (χ3n) is 7.12. The van der Waals surface area contributed by atoms with E-state index in [-0.39, 0.29) is 17.3 Å². The highest BCUT2D eigenvalue weighted by atomic mass is 32.2. The standard InChI is InChI=1S/C32H33NO3S/c1-23-12-15-28(16-13-23)37(34)32(25-18-20-33-21-19-25)31(24-8-4-3-5-9-24)26-14-17-29(35-2)30(22-26)36-27-10-6-7-11-27/h3-5,8-9,12-22,27,31-32H,6-7,10-11H2,1-2H3/t31-,32?,37+/m1/s1. The van der Waals surface area contributed by atoms with E-state index < -0.39 is 10.8 Å². The van der Waals surface area contributed by atoms with Crippen molar-refractivity contribution in [3.05, 3.63) is 120 Å². The molecule has 0 aliphatic heterocycles. The van der Waals surface area contributed by atoms with Crippen molar-refractivity contribution in [2.45, 2.75) is 54.8 Å². The highest BCUT2D eigenvalue weighted by Gasteiger charge is 2.33. The lowest BCUT2D eigenvalue weighted by Gasteiger charge is -2.29. The number of benzene rings is 3. The predicted molar refractivity (Wildman–Crippen MR) is 149 cm³/mol. The van der Waals surface area contributed by atoms with Gasteiger partial charge >= 0.3 is 0 Å². The summed E-state index contributed by atoms with van der Waals surface area (Å²) in [5.41, 5.74) is 4.27. The first-order valence-electron chi connectivity index (χ1n) is 12.9. The first kappa shape index (κ1) is 25.2. The van der Waals surface area contributed by atoms with E-state index in [2.05, 4.69) is 29.2 Å². The van der Waals surface area contributed by atoms with Gasteiger partial charge in [-0.05, 0) is 85.7 Å². The van der Waals surface area contributed by atoms with E-state index in [1.165, 1.54) is 12.8 Å². The van der Waals surface area contributed by atoms with Crippen LogP contribution >= 0.6 is 0 Å². The number of pyridine rings is 1. The van der Waals surface area contributed by atoms with Crippen molar-refractivity contribution < 1.29 is 13.7 Å². The number of methoxy groups -OCH3 is 1. The third-order valence-corrected chi connectivity index (χ3v) is 8.87. The van der Waals surface area contributed by atoms with E-state index >= 15 is 0 Å². The van der Waals surface area contributed by atoms with Crippen LogP contribution in [0.5, 0.6) is 11.5 Å². The van der Waals surface area contributed by atoms with Gasteiger partial charge in [-0.25, -0.2) is 0 Å². The van der Waals surface area contributed by atoms with Crippen LogP contribution in [0.1, 0.15) is 59.1 Å². The average Bonchev–Trinajstić information content (AvgIpc) is 3.46. The van der Waals surface area contributed by atoms with E-state index in [1.54, 1.807) is 19.5 Å². The van der Waals surface area contributed by atoms with Gasteiger partial charge < -0.3 is 9.47 Å². The van der Waals surface area contributed by atoms with Crippen LogP contribution in [-0.4, -0.2) is 22.4 Å². The molecule has 1 aromatic heterocycles. The number of hydrogen-bond acceptors (Lipinski definition) is 4. The largest absolute Gasteiger partial charge is 0.493 e. The maximum Gasteiger partial charge on any atom is 0.161 e. The van der Waals surface area contributed by atoms with E-state index in [4.69, 9.17) is 9.47 Å². The van der Waals surface area contributed by atoms with Gasteiger partial charge in [-0.15, -0.1) is 0 Å². The molecule has 1 fully saturated rings. The Morgan fingerprint density at radius 1 is 0.811 bits per heavy atom. The van der Waals surface area contributed by atoms with Crippen molar-refractivity contribution in [2.75, 3.05) is 7.11 Å². The molecule has 190 valence electrons. The molecule has 0 N–H and O–H groups in total. The summed E-state index contributed by atoms with van der Waals surface area (Å²) in [6.45, 7) is 2.04. The molecule has 0 bridgehead atoms. The molecular formula is C32H33NO3S. The summed E-state index contributed by atoms with van der Waals surface area (Å²) in [5.74, 6) is 1.30. The number of ether oxygens (including phenoxy) is 2. The SMILES string of the molecule is COc1ccc([C@@H](c2ccccc2)C(c2ccncc2)[S@@](=O)c2ccc(C)cc2)cc1OC1CCCC1. The van der Waals surface area contributed by atoms with E-state index in [9.17, 15) is 4.21 Å². The van der Waals surface area contributed by atoms with Crippen molar-refractivity contribution in [2.24, 2.45) is 0 Å². The van der Waals surface area contributed by atoms with Crippen LogP contribution in [-0.2, 0) is 10.8 Å². The van der Waals surface area contributed by atoms with Gasteiger partial charge in [0, 0.05) is 23.2 Å². The maximum absolute atomic E-state index is 14.4. The molecule has 1 unspecified atom stereocenters. The maximum atomic E-state index is 14.4. The van der Waals surface area contributed by atoms with Gasteiger partial charge in [-0.3, -0.25) is 9.19 Å². The van der Waals surface area contributed by atoms with Crippen LogP contribution in [0.3, 0.4) is 0 Å². The van der Waals surface area contributed by atoms with Gasteiger partial charge in [0.2, 0.25) is 0 Å². The Morgan fingerprint density at radius 2 is 1.51 bits per heavy atom. The molecule has 0 saturated heterocycles. The zero-order chi connectivity index (χ0) is 25.6. The molecule has 3 aromatic carbocycles. The molecule has 0 amide bonds. The van der Waals surface area contributed by atoms with Crippen molar-refractivity contribution in [1.29, 1.82) is 0 Å². The minimum atomic E-state index is -1.33. The summed E-state index contributed by atoms with van der Waals surface area (Å²) in [4.78, 5) is 5.04. The monoisotopic (exact) mass is 511 g/mol. The summed E-state index contributed by atoms with van der Waals surface area (Å²) >= 11 is 0. The number of nitrogens with zero attached hydrogens (tertiary/aromatic N) is 1. The van der Waals surface area contributed by atoms with Gasteiger partial charge in [0.15, 0.2) is 11.5 Å². The fourth-order valence-electron chi connectivity index (χ4n) is 5.18. The lowest BCUT2D eigenvalue weighted by atomic mass is 9.85. The predicted octanol–water partition coefficient (Wildman–Crippen LogP) is 7.40. The van der Waals surface area contributed by atoms with E-state index in [0.717, 1.165) is 51.5 Å². The molecular weight excluding hydrogens is 478 g/mol. The molecule has 5 rings (SSSR count). The summed E-state index contributed by atoms with van der Waals surface area (Å²) in [6.07, 6.45) is 8.27. The van der Waals surface area contributed by atoms with Gasteiger partial charge in [0.1, 0.15) is 0 Å². The smallest absolute Gasteiger partial charge is 0.161 e. The van der Waals surface area contributed by atoms with Crippen LogP contribution < -0.4 is 9.47 Å². The average molecular weight is 512 g/mol. The number of hydrogen-bond donors (Lipinski definition) is 0. The fourth-order valence-corrected chi connectivity index (χ4v) is 6.84. The summed E-state index contributed by atoms with van der Waals surface area (Å²) in [7, 11) is 0.349. The Labute approximate surface area is 222 Å². The summed E-state index contributed by atoms with van der Waals surface area (Å²) in [6, 6.07) is 28.4. The van der Waals surface area contributed by atoms with E-state index in [0.29, 0.717) is 0 Å². The number of aromatic nitrogens is 1. The summed E-state index contributed by atoms with van der Waals surface area (Å²) in [5, 5.41) is -0.333. The Kier molecular flexibility index (Phi) is 8.00. The molecule has 1 aliphatic carbocycles. The molecule has 4 aromatic rings. The van der Waals surface area contributed by atoms with Gasteiger partial charge in [-0.1, -0.05) is 54.1 Å². The topological polar surface area (TPSA) is 48.4 Å². The van der Waals surface area contributed by atoms with Crippen LogP contribution in [0.4, 0.5) is 0 Å². The van der Waals surface area contributed by atoms with Crippen molar-refractivity contribution in [3.63, 3.8) is 0 Å². The lowest BCUT2D eigenvalue weighted by molar-refractivity contribution is 0.200. The first-order valence-corrected chi connectivity index (χ1v) is 14.1. The van der Waals surface area contributed by atoms with Crippen molar-refractivity contribution in [3.8, 4) is 11.5 Å². The molecule has 5 heteroatoms. The van der Waals surface area contributed by atoms with Crippen LogP contribution in [0.2, 0.25) is 0 Å². The molecule has 37 heavy (non-hydrogen) atoms. The van der Waals surface area contributed by atoms with E-state index in [1.807, 2.05) is 67.6 Å². The molecule has 0 spiro atoms. The number of rotatable bonds is 9. The second-order valence-electron chi connectivity index (χ2n) is 9.63. The van der Waals surface area contributed by atoms with Gasteiger partial charge in [-0.2, -0.15) is 0 Å². The molecule has 1 aliphatic rings. The Bertz CT molecular complexity index is 1320. The second kappa shape index (κ2) is 11.7. The zero-order valence-electron chi connectivity index (χ0n) is 21.4. The minimum absolute atomic E-state index is 0.178. The quantitative estimate of drug-likeness (QED) is 0.235. The van der Waals surface area contributed by atoms with Crippen molar-refractivity contribution >= 4 is 10.8 Å². The second-order valence-corrected chi connectivity index (χ2v) is 11.2. The van der Waals surface area contributed by atoms with Gasteiger partial charge in [0.05, 0.1) is 29.3 Å². The number of aryl methyl sites for hydroxylation is 1. The Balaban J connectivity index is 1.65. The fraction of sp³-hybridized carbons (Fsp3) is 0.281. The highest BCUT2D eigenvalue weighted by Crippen LogP contribution is 2.45. The lowest BCUT2D eigenvalue weighted by Crippen LogP contribution is -2.19. The molecule has 1 heterocycles.